The Morgan fingerprint density at radius 1 is 0.893 bits per heavy atom. The number of hydrogen-bond donors (Lipinski definition) is 0. The SMILES string of the molecule is CS(=O)(=O)c1ccc(-n2nc(C(F)F)c3ccc4c(F)c(F)ccc4c32)cc1. The fourth-order valence-electron chi connectivity index (χ4n) is 3.16. The van der Waals surface area contributed by atoms with Crippen molar-refractivity contribution < 1.29 is 26.0 Å². The minimum atomic E-state index is -3.44. The minimum absolute atomic E-state index is 0.0553. The first kappa shape index (κ1) is 18.4. The molecule has 0 unspecified atom stereocenters. The van der Waals surface area contributed by atoms with Gasteiger partial charge in [-0.2, -0.15) is 5.10 Å². The Labute approximate surface area is 156 Å². The van der Waals surface area contributed by atoms with Gasteiger partial charge < -0.3 is 0 Å². The van der Waals surface area contributed by atoms with Gasteiger partial charge >= 0.3 is 0 Å². The summed E-state index contributed by atoms with van der Waals surface area (Å²) in [7, 11) is -3.44. The monoisotopic (exact) mass is 408 g/mol. The Bertz CT molecular complexity index is 1330. The van der Waals surface area contributed by atoms with E-state index in [4.69, 9.17) is 0 Å². The van der Waals surface area contributed by atoms with Gasteiger partial charge in [-0.1, -0.05) is 6.07 Å². The molecule has 4 aromatic rings. The molecule has 0 N–H and O–H groups in total. The molecule has 3 aromatic carbocycles. The van der Waals surface area contributed by atoms with Crippen LogP contribution < -0.4 is 0 Å². The van der Waals surface area contributed by atoms with E-state index in [9.17, 15) is 26.0 Å². The van der Waals surface area contributed by atoms with Gasteiger partial charge in [0, 0.05) is 22.4 Å². The fraction of sp³-hybridized carbons (Fsp3) is 0.105. The largest absolute Gasteiger partial charge is 0.282 e. The Balaban J connectivity index is 2.07. The summed E-state index contributed by atoms with van der Waals surface area (Å²) >= 11 is 0. The molecule has 0 atom stereocenters. The van der Waals surface area contributed by atoms with E-state index in [0.717, 1.165) is 12.3 Å². The molecular weight excluding hydrogens is 396 g/mol. The Morgan fingerprint density at radius 3 is 2.11 bits per heavy atom. The van der Waals surface area contributed by atoms with Crippen LogP contribution in [0.25, 0.3) is 27.4 Å². The number of rotatable bonds is 3. The van der Waals surface area contributed by atoms with Gasteiger partial charge in [0.25, 0.3) is 6.43 Å². The van der Waals surface area contributed by atoms with Gasteiger partial charge in [0.05, 0.1) is 16.1 Å². The zero-order valence-corrected chi connectivity index (χ0v) is 15.1. The van der Waals surface area contributed by atoms with E-state index in [2.05, 4.69) is 5.10 Å². The molecule has 144 valence electrons. The molecular formula is C19H12F4N2O2S. The van der Waals surface area contributed by atoms with Crippen molar-refractivity contribution in [2.45, 2.75) is 11.3 Å². The second-order valence-corrected chi connectivity index (χ2v) is 8.30. The Morgan fingerprint density at radius 2 is 1.50 bits per heavy atom. The highest BCUT2D eigenvalue weighted by molar-refractivity contribution is 7.90. The molecule has 0 spiro atoms. The smallest absolute Gasteiger partial charge is 0.232 e. The molecule has 0 aliphatic heterocycles. The zero-order chi connectivity index (χ0) is 20.2. The van der Waals surface area contributed by atoms with Crippen LogP contribution in [0.2, 0.25) is 0 Å². The van der Waals surface area contributed by atoms with Crippen LogP contribution in [0.1, 0.15) is 12.1 Å². The summed E-state index contributed by atoms with van der Waals surface area (Å²) in [5, 5.41) is 4.20. The van der Waals surface area contributed by atoms with Crippen molar-refractivity contribution in [3.8, 4) is 5.69 Å². The lowest BCUT2D eigenvalue weighted by Crippen LogP contribution is -2.01. The van der Waals surface area contributed by atoms with Gasteiger partial charge in [0.15, 0.2) is 21.5 Å². The van der Waals surface area contributed by atoms with Crippen molar-refractivity contribution in [3.63, 3.8) is 0 Å². The number of aromatic nitrogens is 2. The molecule has 4 nitrogen and oxygen atoms in total. The highest BCUT2D eigenvalue weighted by Gasteiger charge is 2.22. The van der Waals surface area contributed by atoms with Crippen LogP contribution in [0.3, 0.4) is 0 Å². The van der Waals surface area contributed by atoms with E-state index in [0.29, 0.717) is 5.69 Å². The Kier molecular flexibility index (Phi) is 4.15. The van der Waals surface area contributed by atoms with Crippen LogP contribution in [0.4, 0.5) is 17.6 Å². The molecule has 0 saturated carbocycles. The highest BCUT2D eigenvalue weighted by Crippen LogP contribution is 2.35. The number of nitrogens with zero attached hydrogens (tertiary/aromatic N) is 2. The maximum absolute atomic E-state index is 14.2. The molecule has 0 radical (unpaired) electrons. The third kappa shape index (κ3) is 2.82. The molecule has 0 fully saturated rings. The first-order chi connectivity index (χ1) is 13.2. The van der Waals surface area contributed by atoms with Crippen molar-refractivity contribution in [1.82, 2.24) is 9.78 Å². The summed E-state index contributed by atoms with van der Waals surface area (Å²) in [6.45, 7) is 0. The number of sulfone groups is 1. The number of benzene rings is 3. The van der Waals surface area contributed by atoms with Crippen LogP contribution in [0.5, 0.6) is 0 Å². The van der Waals surface area contributed by atoms with Gasteiger partial charge in [-0.25, -0.2) is 30.7 Å². The van der Waals surface area contributed by atoms with Gasteiger partial charge in [-0.15, -0.1) is 0 Å². The van der Waals surface area contributed by atoms with Crippen LogP contribution in [-0.4, -0.2) is 24.5 Å². The molecule has 0 bridgehead atoms. The summed E-state index contributed by atoms with van der Waals surface area (Å²) in [5.41, 5.74) is -0.0193. The number of alkyl halides is 2. The quantitative estimate of drug-likeness (QED) is 0.458. The molecule has 0 amide bonds. The predicted octanol–water partition coefficient (Wildman–Crippen LogP) is 4.80. The second kappa shape index (κ2) is 6.30. The Hall–Kier alpha value is -2.94. The molecule has 0 aliphatic carbocycles. The van der Waals surface area contributed by atoms with Crippen LogP contribution in [0, 0.1) is 11.6 Å². The van der Waals surface area contributed by atoms with E-state index in [1.807, 2.05) is 0 Å². The van der Waals surface area contributed by atoms with Crippen LogP contribution >= 0.6 is 0 Å². The van der Waals surface area contributed by atoms with Crippen LogP contribution in [0.15, 0.2) is 53.4 Å². The average molecular weight is 408 g/mol. The molecule has 1 heterocycles. The highest BCUT2D eigenvalue weighted by atomic mass is 32.2. The molecule has 0 saturated heterocycles. The van der Waals surface area contributed by atoms with Crippen molar-refractivity contribution in [2.75, 3.05) is 6.26 Å². The first-order valence-corrected chi connectivity index (χ1v) is 9.95. The van der Waals surface area contributed by atoms with Crippen molar-refractivity contribution in [3.05, 3.63) is 65.9 Å². The standard InChI is InChI=1S/C19H12F4N2O2S/c1-28(26,27)11-4-2-10(3-5-11)25-18-13-8-9-15(20)16(21)12(13)6-7-14(18)17(24-25)19(22)23/h2-9,19H,1H3. The van der Waals surface area contributed by atoms with E-state index in [1.165, 1.54) is 47.1 Å². The van der Waals surface area contributed by atoms with Gasteiger partial charge in [-0.3, -0.25) is 0 Å². The molecule has 28 heavy (non-hydrogen) atoms. The lowest BCUT2D eigenvalue weighted by atomic mass is 10.1. The maximum Gasteiger partial charge on any atom is 0.282 e. The van der Waals surface area contributed by atoms with Crippen molar-refractivity contribution in [1.29, 1.82) is 0 Å². The van der Waals surface area contributed by atoms with E-state index in [1.54, 1.807) is 0 Å². The van der Waals surface area contributed by atoms with E-state index >= 15 is 0 Å². The first-order valence-electron chi connectivity index (χ1n) is 8.06. The fourth-order valence-corrected chi connectivity index (χ4v) is 3.79. The third-order valence-corrected chi connectivity index (χ3v) is 5.60. The number of fused-ring (bicyclic) bond motifs is 3. The predicted molar refractivity (Wildman–Crippen MR) is 96.6 cm³/mol. The van der Waals surface area contributed by atoms with E-state index < -0.39 is 33.6 Å². The third-order valence-electron chi connectivity index (χ3n) is 4.47. The summed E-state index contributed by atoms with van der Waals surface area (Å²) in [6, 6.07) is 10.2. The summed E-state index contributed by atoms with van der Waals surface area (Å²) < 4.78 is 79.2. The van der Waals surface area contributed by atoms with Gasteiger partial charge in [-0.05, 0) is 42.5 Å². The lowest BCUT2D eigenvalue weighted by Gasteiger charge is -2.08. The van der Waals surface area contributed by atoms with Crippen molar-refractivity contribution in [2.24, 2.45) is 0 Å². The maximum atomic E-state index is 14.2. The second-order valence-electron chi connectivity index (χ2n) is 6.28. The molecule has 9 heteroatoms. The summed E-state index contributed by atoms with van der Waals surface area (Å²) in [6.07, 6.45) is -1.84. The van der Waals surface area contributed by atoms with Gasteiger partial charge in [0.1, 0.15) is 5.69 Å². The topological polar surface area (TPSA) is 52.0 Å². The van der Waals surface area contributed by atoms with Crippen LogP contribution in [-0.2, 0) is 9.84 Å². The molecule has 1 aromatic heterocycles. The zero-order valence-electron chi connectivity index (χ0n) is 14.3. The average Bonchev–Trinajstić information content (AvgIpc) is 3.04. The summed E-state index contributed by atoms with van der Waals surface area (Å²) in [5.74, 6) is -2.14. The number of hydrogen-bond acceptors (Lipinski definition) is 3. The minimum Gasteiger partial charge on any atom is -0.232 e. The van der Waals surface area contributed by atoms with E-state index in [-0.39, 0.29) is 26.6 Å². The molecule has 0 aliphatic rings. The van der Waals surface area contributed by atoms with Gasteiger partial charge in [0.2, 0.25) is 0 Å². The van der Waals surface area contributed by atoms with Crippen molar-refractivity contribution >= 4 is 31.5 Å². The number of halogens is 4. The normalized spacial score (nSPS) is 12.4. The lowest BCUT2D eigenvalue weighted by molar-refractivity contribution is 0.147. The summed E-state index contributed by atoms with van der Waals surface area (Å²) in [4.78, 5) is 0.0553. The molecule has 4 rings (SSSR count).